The van der Waals surface area contributed by atoms with Crippen LogP contribution in [0.2, 0.25) is 0 Å². The van der Waals surface area contributed by atoms with Crippen LogP contribution in [0.4, 0.5) is 20.5 Å². The fourth-order valence-electron chi connectivity index (χ4n) is 3.45. The van der Waals surface area contributed by atoms with Crippen LogP contribution < -0.4 is 15.0 Å². The molecule has 3 aromatic heterocycles. The average Bonchev–Trinajstić information content (AvgIpc) is 3.40. The van der Waals surface area contributed by atoms with Crippen LogP contribution in [-0.2, 0) is 0 Å². The highest BCUT2D eigenvalue weighted by Gasteiger charge is 2.46. The predicted octanol–water partition coefficient (Wildman–Crippen LogP) is 3.41. The Hall–Kier alpha value is -4.02. The van der Waals surface area contributed by atoms with Crippen LogP contribution >= 0.6 is 0 Å². The maximum Gasteiger partial charge on any atom is 0.324 e. The highest BCUT2D eigenvalue weighted by Crippen LogP contribution is 2.32. The monoisotopic (exact) mass is 440 g/mol. The van der Waals surface area contributed by atoms with Crippen molar-refractivity contribution in [1.82, 2.24) is 19.5 Å². The van der Waals surface area contributed by atoms with Crippen molar-refractivity contribution >= 4 is 23.3 Å². The summed E-state index contributed by atoms with van der Waals surface area (Å²) in [6, 6.07) is 8.78. The first-order valence-corrected chi connectivity index (χ1v) is 9.73. The van der Waals surface area contributed by atoms with E-state index in [9.17, 15) is 13.6 Å². The summed E-state index contributed by atoms with van der Waals surface area (Å²) in [6.45, 7) is 0.951. The van der Waals surface area contributed by atoms with Gasteiger partial charge in [0.15, 0.2) is 0 Å². The van der Waals surface area contributed by atoms with Crippen LogP contribution in [0.3, 0.4) is 0 Å². The number of pyridine rings is 1. The molecule has 11 heteroatoms. The van der Waals surface area contributed by atoms with Crippen molar-refractivity contribution in [2.45, 2.75) is 12.8 Å². The predicted molar refractivity (Wildman–Crippen MR) is 111 cm³/mol. The highest BCUT2D eigenvalue weighted by atomic mass is 19.3. The molecule has 0 bridgehead atoms. The van der Waals surface area contributed by atoms with Gasteiger partial charge in [0.2, 0.25) is 5.82 Å². The molecular formula is C21H18F2N6O3. The van der Waals surface area contributed by atoms with E-state index >= 15 is 0 Å². The molecule has 0 atom stereocenters. The van der Waals surface area contributed by atoms with Crippen molar-refractivity contribution in [2.75, 3.05) is 30.4 Å². The number of fused-ring (bicyclic) bond motifs is 1. The minimum atomic E-state index is -2.74. The Morgan fingerprint density at radius 1 is 1.25 bits per heavy atom. The zero-order valence-electron chi connectivity index (χ0n) is 17.2. The third-order valence-electron chi connectivity index (χ3n) is 5.23. The number of anilines is 2. The van der Waals surface area contributed by atoms with Crippen molar-refractivity contribution in [1.29, 1.82) is 0 Å². The largest absolute Gasteiger partial charge is 0.497 e. The molecule has 4 aromatic rings. The molecule has 32 heavy (non-hydrogen) atoms. The average molecular weight is 440 g/mol. The van der Waals surface area contributed by atoms with Crippen LogP contribution in [0, 0.1) is 6.92 Å². The second-order valence-corrected chi connectivity index (χ2v) is 7.53. The SMILES string of the molecule is COc1ccn2c(C(=O)Nc3cc(-c4noc(N5CC(F)(F)C5)n4)ccc3C)cnc2c1. The maximum atomic E-state index is 13.1. The Balaban J connectivity index is 1.38. The molecule has 1 aliphatic rings. The van der Waals surface area contributed by atoms with Gasteiger partial charge < -0.3 is 19.5 Å². The molecule has 1 saturated heterocycles. The summed E-state index contributed by atoms with van der Waals surface area (Å²) in [5.74, 6) is -2.20. The van der Waals surface area contributed by atoms with Crippen molar-refractivity contribution in [3.8, 4) is 17.1 Å². The Kier molecular flexibility index (Phi) is 4.54. The number of hydrogen-bond acceptors (Lipinski definition) is 7. The first kappa shape index (κ1) is 19.9. The van der Waals surface area contributed by atoms with Gasteiger partial charge in [-0.1, -0.05) is 17.3 Å². The summed E-state index contributed by atoms with van der Waals surface area (Å²) in [5, 5.41) is 6.76. The first-order chi connectivity index (χ1) is 15.3. The van der Waals surface area contributed by atoms with Gasteiger partial charge in [-0.25, -0.2) is 13.8 Å². The molecule has 0 aliphatic carbocycles. The van der Waals surface area contributed by atoms with E-state index in [1.807, 2.05) is 6.92 Å². The molecule has 164 valence electrons. The third kappa shape index (κ3) is 3.51. The second kappa shape index (κ2) is 7.29. The zero-order chi connectivity index (χ0) is 22.5. The van der Waals surface area contributed by atoms with E-state index in [-0.39, 0.29) is 17.7 Å². The van der Waals surface area contributed by atoms with Crippen molar-refractivity contribution in [3.63, 3.8) is 0 Å². The number of aryl methyl sites for hydroxylation is 1. The van der Waals surface area contributed by atoms with E-state index in [1.54, 1.807) is 48.0 Å². The van der Waals surface area contributed by atoms with E-state index in [4.69, 9.17) is 9.26 Å². The fourth-order valence-corrected chi connectivity index (χ4v) is 3.45. The number of carbonyl (C=O) groups excluding carboxylic acids is 1. The normalized spacial score (nSPS) is 14.9. The Morgan fingerprint density at radius 2 is 2.06 bits per heavy atom. The molecule has 0 unspecified atom stereocenters. The van der Waals surface area contributed by atoms with Gasteiger partial charge in [0.05, 0.1) is 26.4 Å². The van der Waals surface area contributed by atoms with Gasteiger partial charge in [0, 0.05) is 23.5 Å². The van der Waals surface area contributed by atoms with E-state index in [0.29, 0.717) is 28.3 Å². The Bertz CT molecular complexity index is 1320. The van der Waals surface area contributed by atoms with Crippen LogP contribution in [-0.4, -0.2) is 51.6 Å². The molecule has 1 fully saturated rings. The number of carbonyl (C=O) groups is 1. The minimum absolute atomic E-state index is 0.0400. The lowest BCUT2D eigenvalue weighted by Crippen LogP contribution is -2.56. The molecule has 0 radical (unpaired) electrons. The molecule has 1 aromatic carbocycles. The number of rotatable bonds is 5. The van der Waals surface area contributed by atoms with Gasteiger partial charge in [-0.3, -0.25) is 9.20 Å². The van der Waals surface area contributed by atoms with E-state index < -0.39 is 19.0 Å². The number of amides is 1. The van der Waals surface area contributed by atoms with Crippen LogP contribution in [0.5, 0.6) is 5.75 Å². The van der Waals surface area contributed by atoms with Crippen LogP contribution in [0.15, 0.2) is 47.2 Å². The lowest BCUT2D eigenvalue weighted by atomic mass is 10.1. The Labute approximate surface area is 180 Å². The molecule has 9 nitrogen and oxygen atoms in total. The molecule has 1 amide bonds. The van der Waals surface area contributed by atoms with Gasteiger partial charge >= 0.3 is 6.01 Å². The number of nitrogens with zero attached hydrogens (tertiary/aromatic N) is 5. The fraction of sp³-hybridized carbons (Fsp3) is 0.238. The van der Waals surface area contributed by atoms with Crippen molar-refractivity contribution < 1.29 is 22.8 Å². The molecule has 5 rings (SSSR count). The zero-order valence-corrected chi connectivity index (χ0v) is 17.2. The lowest BCUT2D eigenvalue weighted by Gasteiger charge is -2.36. The molecule has 1 aliphatic heterocycles. The number of hydrogen-bond donors (Lipinski definition) is 1. The van der Waals surface area contributed by atoms with Gasteiger partial charge in [0.1, 0.15) is 17.1 Å². The number of ether oxygens (including phenoxy) is 1. The summed E-state index contributed by atoms with van der Waals surface area (Å²) in [5.41, 5.74) is 2.89. The lowest BCUT2D eigenvalue weighted by molar-refractivity contribution is -0.0293. The number of halogens is 2. The van der Waals surface area contributed by atoms with Crippen LogP contribution in [0.1, 0.15) is 16.1 Å². The van der Waals surface area contributed by atoms with Crippen molar-refractivity contribution in [3.05, 3.63) is 54.0 Å². The minimum Gasteiger partial charge on any atom is -0.497 e. The topological polar surface area (TPSA) is 97.8 Å². The molecule has 0 saturated carbocycles. The highest BCUT2D eigenvalue weighted by molar-refractivity contribution is 6.04. The summed E-state index contributed by atoms with van der Waals surface area (Å²) >= 11 is 0. The van der Waals surface area contributed by atoms with Crippen molar-refractivity contribution in [2.24, 2.45) is 0 Å². The second-order valence-electron chi connectivity index (χ2n) is 7.53. The number of nitrogens with one attached hydrogen (secondary N) is 1. The van der Waals surface area contributed by atoms with E-state index in [0.717, 1.165) is 5.56 Å². The maximum absolute atomic E-state index is 13.1. The summed E-state index contributed by atoms with van der Waals surface area (Å²) < 4.78 is 38.1. The first-order valence-electron chi connectivity index (χ1n) is 9.73. The summed E-state index contributed by atoms with van der Waals surface area (Å²) in [4.78, 5) is 22.7. The number of alkyl halides is 2. The molecule has 0 spiro atoms. The number of aromatic nitrogens is 4. The van der Waals surface area contributed by atoms with Crippen LogP contribution in [0.25, 0.3) is 17.0 Å². The standard InChI is InChI=1S/C21H18F2N6O3/c1-12-3-4-13(18-26-20(32-27-18)28-10-21(22,23)11-28)7-15(12)25-19(30)16-9-24-17-8-14(31-2)5-6-29(16)17/h3-9H,10-11H2,1-2H3,(H,25,30). The number of benzene rings is 1. The van der Waals surface area contributed by atoms with E-state index in [2.05, 4.69) is 20.4 Å². The van der Waals surface area contributed by atoms with Gasteiger partial charge in [-0.15, -0.1) is 0 Å². The summed E-state index contributed by atoms with van der Waals surface area (Å²) in [6.07, 6.45) is 3.19. The number of imidazole rings is 1. The molecule has 1 N–H and O–H groups in total. The van der Waals surface area contributed by atoms with E-state index in [1.165, 1.54) is 11.1 Å². The summed E-state index contributed by atoms with van der Waals surface area (Å²) in [7, 11) is 1.56. The Morgan fingerprint density at radius 3 is 2.81 bits per heavy atom. The molecule has 4 heterocycles. The smallest absolute Gasteiger partial charge is 0.324 e. The molecular weight excluding hydrogens is 422 g/mol. The third-order valence-corrected chi connectivity index (χ3v) is 5.23. The van der Waals surface area contributed by atoms with Gasteiger partial charge in [0.25, 0.3) is 11.8 Å². The number of methoxy groups -OCH3 is 1. The van der Waals surface area contributed by atoms with Gasteiger partial charge in [-0.05, 0) is 24.6 Å². The quantitative estimate of drug-likeness (QED) is 0.508. The van der Waals surface area contributed by atoms with Gasteiger partial charge in [-0.2, -0.15) is 4.98 Å².